The van der Waals surface area contributed by atoms with Crippen LogP contribution in [0.25, 0.3) is 0 Å². The van der Waals surface area contributed by atoms with Crippen LogP contribution in [0.15, 0.2) is 59.0 Å². The number of likely N-dealkylation sites (tertiary alicyclic amines) is 1. The number of carbonyl (C=O) groups is 3. The van der Waals surface area contributed by atoms with Gasteiger partial charge in [0.15, 0.2) is 5.78 Å². The highest BCUT2D eigenvalue weighted by atomic mass is 19.1. The van der Waals surface area contributed by atoms with Crippen LogP contribution in [0.2, 0.25) is 0 Å². The fourth-order valence-corrected chi connectivity index (χ4v) is 7.02. The molecular weight excluding hydrogens is 579 g/mol. The number of Topliss-reactive ketones (excluding diaryl/α,β-unsaturated/α-hetero) is 1. The standard InChI is InChI=1S/C34H39FN4O6/c1-21-20-27(22(2)45-21)32(40)29-28(23-6-10-26(43-3)11-7-23)31(33(41)37-14-12-36-13-15-37)39(34(42)38-16-18-44-19-17-38)30(29)24-4-8-25(35)9-5-24/h4-11,20,28-31,36H,12-19H2,1-3H3. The Hall–Kier alpha value is -4.22. The number of hydrogen-bond donors (Lipinski definition) is 1. The number of amides is 3. The van der Waals surface area contributed by atoms with Crippen LogP contribution in [0.4, 0.5) is 9.18 Å². The van der Waals surface area contributed by atoms with Gasteiger partial charge in [0.05, 0.1) is 37.8 Å². The highest BCUT2D eigenvalue weighted by Gasteiger charge is 2.59. The lowest BCUT2D eigenvalue weighted by Gasteiger charge is -2.39. The van der Waals surface area contributed by atoms with E-state index in [1.807, 2.05) is 12.1 Å². The van der Waals surface area contributed by atoms with Gasteiger partial charge in [0.25, 0.3) is 0 Å². The Morgan fingerprint density at radius 1 is 0.889 bits per heavy atom. The van der Waals surface area contributed by atoms with Gasteiger partial charge in [-0.3, -0.25) is 9.59 Å². The number of ether oxygens (including phenoxy) is 2. The third kappa shape index (κ3) is 5.94. The highest BCUT2D eigenvalue weighted by Crippen LogP contribution is 2.52. The van der Waals surface area contributed by atoms with E-state index >= 15 is 0 Å². The number of urea groups is 1. The number of benzene rings is 2. The van der Waals surface area contributed by atoms with Gasteiger partial charge in [-0.05, 0) is 55.3 Å². The van der Waals surface area contributed by atoms with Gasteiger partial charge < -0.3 is 33.9 Å². The molecule has 0 bridgehead atoms. The molecule has 3 aliphatic heterocycles. The number of morpholine rings is 1. The Morgan fingerprint density at radius 2 is 1.53 bits per heavy atom. The van der Waals surface area contributed by atoms with Crippen molar-refractivity contribution in [3.63, 3.8) is 0 Å². The molecule has 1 N–H and O–H groups in total. The predicted molar refractivity (Wildman–Crippen MR) is 164 cm³/mol. The zero-order valence-electron chi connectivity index (χ0n) is 25.8. The summed E-state index contributed by atoms with van der Waals surface area (Å²) in [5, 5.41) is 3.29. The van der Waals surface area contributed by atoms with Crippen LogP contribution < -0.4 is 10.1 Å². The minimum Gasteiger partial charge on any atom is -0.497 e. The van der Waals surface area contributed by atoms with Crippen molar-refractivity contribution in [1.29, 1.82) is 0 Å². The number of carbonyl (C=O) groups excluding carboxylic acids is 3. The average molecular weight is 619 g/mol. The maximum Gasteiger partial charge on any atom is 0.321 e. The molecule has 3 fully saturated rings. The molecule has 3 aliphatic rings. The largest absolute Gasteiger partial charge is 0.497 e. The van der Waals surface area contributed by atoms with Crippen molar-refractivity contribution < 1.29 is 32.7 Å². The van der Waals surface area contributed by atoms with E-state index in [1.54, 1.807) is 66.0 Å². The monoisotopic (exact) mass is 618 g/mol. The van der Waals surface area contributed by atoms with Crippen molar-refractivity contribution in [3.05, 3.63) is 88.6 Å². The van der Waals surface area contributed by atoms with E-state index in [0.29, 0.717) is 80.9 Å². The van der Waals surface area contributed by atoms with E-state index in [9.17, 15) is 18.8 Å². The topological polar surface area (TPSA) is 105 Å². The average Bonchev–Trinajstić information content (AvgIpc) is 3.61. The molecule has 0 saturated carbocycles. The second-order valence-corrected chi connectivity index (χ2v) is 11.8. The molecule has 1 aromatic heterocycles. The molecule has 4 atom stereocenters. The van der Waals surface area contributed by atoms with Crippen molar-refractivity contribution in [3.8, 4) is 5.75 Å². The lowest BCUT2D eigenvalue weighted by atomic mass is 9.76. The number of piperazine rings is 1. The normalized spacial score (nSPS) is 23.7. The molecule has 3 aromatic rings. The molecular formula is C34H39FN4O6. The van der Waals surface area contributed by atoms with Crippen LogP contribution in [0.3, 0.4) is 0 Å². The number of aryl methyl sites for hydroxylation is 2. The van der Waals surface area contributed by atoms with Crippen molar-refractivity contribution in [2.45, 2.75) is 31.8 Å². The van der Waals surface area contributed by atoms with Crippen molar-refractivity contribution in [2.75, 3.05) is 59.6 Å². The molecule has 0 aliphatic carbocycles. The Bertz CT molecular complexity index is 1530. The Labute approximate surface area is 262 Å². The van der Waals surface area contributed by atoms with Crippen molar-refractivity contribution in [2.24, 2.45) is 5.92 Å². The first-order valence-electron chi connectivity index (χ1n) is 15.4. The Morgan fingerprint density at radius 3 is 2.13 bits per heavy atom. The highest BCUT2D eigenvalue weighted by molar-refractivity contribution is 6.02. The first-order chi connectivity index (χ1) is 21.8. The second kappa shape index (κ2) is 13.0. The minimum absolute atomic E-state index is 0.221. The maximum absolute atomic E-state index is 14.9. The summed E-state index contributed by atoms with van der Waals surface area (Å²) >= 11 is 0. The van der Waals surface area contributed by atoms with Crippen LogP contribution in [-0.2, 0) is 9.53 Å². The van der Waals surface area contributed by atoms with Crippen molar-refractivity contribution in [1.82, 2.24) is 20.0 Å². The Balaban J connectivity index is 1.59. The van der Waals surface area contributed by atoms with Gasteiger partial charge in [-0.1, -0.05) is 24.3 Å². The lowest BCUT2D eigenvalue weighted by molar-refractivity contribution is -0.136. The molecule has 2 aromatic carbocycles. The van der Waals surface area contributed by atoms with Gasteiger partial charge in [0, 0.05) is 45.2 Å². The zero-order chi connectivity index (χ0) is 31.7. The van der Waals surface area contributed by atoms with E-state index in [1.165, 1.54) is 12.1 Å². The number of nitrogens with zero attached hydrogens (tertiary/aromatic N) is 3. The fourth-order valence-electron chi connectivity index (χ4n) is 7.02. The van der Waals surface area contributed by atoms with Crippen LogP contribution in [0.1, 0.15) is 45.0 Å². The number of hydrogen-bond acceptors (Lipinski definition) is 7. The third-order valence-corrected chi connectivity index (χ3v) is 9.17. The van der Waals surface area contributed by atoms with Crippen LogP contribution in [0.5, 0.6) is 5.75 Å². The Kier molecular flexibility index (Phi) is 8.91. The van der Waals surface area contributed by atoms with Gasteiger partial charge in [-0.25, -0.2) is 9.18 Å². The van der Waals surface area contributed by atoms with Gasteiger partial charge in [-0.2, -0.15) is 0 Å². The molecule has 4 heterocycles. The van der Waals surface area contributed by atoms with Crippen molar-refractivity contribution >= 4 is 17.7 Å². The molecule has 3 saturated heterocycles. The quantitative estimate of drug-likeness (QED) is 0.418. The number of rotatable bonds is 6. The number of furan rings is 1. The molecule has 0 radical (unpaired) electrons. The summed E-state index contributed by atoms with van der Waals surface area (Å²) in [6.07, 6.45) is 0. The minimum atomic E-state index is -1.01. The van der Waals surface area contributed by atoms with E-state index in [-0.39, 0.29) is 17.7 Å². The third-order valence-electron chi connectivity index (χ3n) is 9.17. The van der Waals surface area contributed by atoms with Gasteiger partial charge >= 0.3 is 6.03 Å². The second-order valence-electron chi connectivity index (χ2n) is 11.8. The molecule has 45 heavy (non-hydrogen) atoms. The number of halogens is 1. The fraction of sp³-hybridized carbons (Fsp3) is 0.441. The van der Waals surface area contributed by atoms with Gasteiger partial charge in [0.2, 0.25) is 5.91 Å². The predicted octanol–water partition coefficient (Wildman–Crippen LogP) is 3.94. The molecule has 11 heteroatoms. The van der Waals surface area contributed by atoms with E-state index in [2.05, 4.69) is 5.32 Å². The summed E-state index contributed by atoms with van der Waals surface area (Å²) in [6, 6.07) is 12.7. The van der Waals surface area contributed by atoms with Crippen LogP contribution >= 0.6 is 0 Å². The van der Waals surface area contributed by atoms with E-state index in [0.717, 1.165) is 5.56 Å². The summed E-state index contributed by atoms with van der Waals surface area (Å²) in [7, 11) is 1.57. The molecule has 3 amide bonds. The van der Waals surface area contributed by atoms with Gasteiger partial charge in [0.1, 0.15) is 29.1 Å². The number of nitrogens with one attached hydrogen (secondary N) is 1. The first kappa shape index (κ1) is 30.8. The number of methoxy groups -OCH3 is 1. The molecule has 10 nitrogen and oxygen atoms in total. The summed E-state index contributed by atoms with van der Waals surface area (Å²) in [5.41, 5.74) is 1.70. The molecule has 0 spiro atoms. The first-order valence-corrected chi connectivity index (χ1v) is 15.4. The van der Waals surface area contributed by atoms with Gasteiger partial charge in [-0.15, -0.1) is 0 Å². The van der Waals surface area contributed by atoms with Crippen LogP contribution in [-0.4, -0.2) is 98.1 Å². The smallest absolute Gasteiger partial charge is 0.321 e. The summed E-state index contributed by atoms with van der Waals surface area (Å²) in [6.45, 7) is 7.17. The van der Waals surface area contributed by atoms with E-state index in [4.69, 9.17) is 13.9 Å². The molecule has 6 rings (SSSR count). The zero-order valence-corrected chi connectivity index (χ0v) is 25.8. The number of ketones is 1. The lowest BCUT2D eigenvalue weighted by Crippen LogP contribution is -2.57. The molecule has 4 unspecified atom stereocenters. The van der Waals surface area contributed by atoms with E-state index < -0.39 is 29.7 Å². The SMILES string of the molecule is COc1ccc(C2C(C(=O)c3cc(C)oc3C)C(c3ccc(F)cc3)N(C(=O)N3CCOCC3)C2C(=O)N2CCNCC2)cc1. The summed E-state index contributed by atoms with van der Waals surface area (Å²) < 4.78 is 31.0. The maximum atomic E-state index is 14.9. The summed E-state index contributed by atoms with van der Waals surface area (Å²) in [5.74, 6) is -0.831. The van der Waals surface area contributed by atoms with Crippen LogP contribution in [0, 0.1) is 25.6 Å². The molecule has 238 valence electrons. The summed E-state index contributed by atoms with van der Waals surface area (Å²) in [4.78, 5) is 49.4.